The van der Waals surface area contributed by atoms with Crippen molar-refractivity contribution in [3.63, 3.8) is 0 Å². The smallest absolute Gasteiger partial charge is 0.335 e. The molecular formula is C12H16O4. The quantitative estimate of drug-likeness (QED) is 0.668. The fourth-order valence-corrected chi connectivity index (χ4v) is 2.49. The molecule has 2 atom stereocenters. The molecule has 0 saturated heterocycles. The molecule has 16 heavy (non-hydrogen) atoms. The second kappa shape index (κ2) is 4.28. The molecule has 0 aromatic carbocycles. The van der Waals surface area contributed by atoms with E-state index in [1.54, 1.807) is 6.92 Å². The SMILES string of the molecule is COC(=O)C(C)C1=C2CCCCC2OC1=O. The van der Waals surface area contributed by atoms with Gasteiger partial charge in [-0.3, -0.25) is 4.79 Å². The Morgan fingerprint density at radius 2 is 2.25 bits per heavy atom. The highest BCUT2D eigenvalue weighted by Gasteiger charge is 2.39. The number of hydrogen-bond donors (Lipinski definition) is 0. The number of carbonyl (C=O) groups excluding carboxylic acids is 2. The zero-order valence-electron chi connectivity index (χ0n) is 9.62. The first-order valence-electron chi connectivity index (χ1n) is 5.67. The predicted octanol–water partition coefficient (Wildman–Crippen LogP) is 1.59. The van der Waals surface area contributed by atoms with Gasteiger partial charge in [-0.25, -0.2) is 4.79 Å². The third kappa shape index (κ3) is 1.72. The Morgan fingerprint density at radius 3 is 2.94 bits per heavy atom. The molecule has 4 nitrogen and oxygen atoms in total. The topological polar surface area (TPSA) is 52.6 Å². The maximum Gasteiger partial charge on any atom is 0.335 e. The largest absolute Gasteiger partial charge is 0.469 e. The van der Waals surface area contributed by atoms with Gasteiger partial charge in [0.2, 0.25) is 0 Å². The van der Waals surface area contributed by atoms with E-state index in [1.807, 2.05) is 0 Å². The van der Waals surface area contributed by atoms with Crippen LogP contribution in [0.1, 0.15) is 32.6 Å². The molecular weight excluding hydrogens is 208 g/mol. The molecule has 2 rings (SSSR count). The molecule has 2 aliphatic rings. The van der Waals surface area contributed by atoms with Crippen molar-refractivity contribution in [2.24, 2.45) is 5.92 Å². The molecule has 4 heteroatoms. The van der Waals surface area contributed by atoms with E-state index < -0.39 is 5.92 Å². The van der Waals surface area contributed by atoms with Crippen LogP contribution in [0.25, 0.3) is 0 Å². The zero-order valence-corrected chi connectivity index (χ0v) is 9.62. The minimum atomic E-state index is -0.504. The van der Waals surface area contributed by atoms with Gasteiger partial charge in [0, 0.05) is 0 Å². The van der Waals surface area contributed by atoms with Gasteiger partial charge < -0.3 is 9.47 Å². The Bertz CT molecular complexity index is 356. The van der Waals surface area contributed by atoms with E-state index in [4.69, 9.17) is 4.74 Å². The highest BCUT2D eigenvalue weighted by atomic mass is 16.6. The number of ether oxygens (including phenoxy) is 2. The van der Waals surface area contributed by atoms with Crippen LogP contribution in [-0.4, -0.2) is 25.2 Å². The van der Waals surface area contributed by atoms with Gasteiger partial charge in [0.1, 0.15) is 6.10 Å². The molecule has 0 bridgehead atoms. The number of hydrogen-bond acceptors (Lipinski definition) is 4. The van der Waals surface area contributed by atoms with Crippen molar-refractivity contribution in [2.45, 2.75) is 38.7 Å². The van der Waals surface area contributed by atoms with E-state index in [0.29, 0.717) is 5.57 Å². The van der Waals surface area contributed by atoms with Crippen LogP contribution in [0.15, 0.2) is 11.1 Å². The third-order valence-corrected chi connectivity index (χ3v) is 3.35. The van der Waals surface area contributed by atoms with Crippen LogP contribution >= 0.6 is 0 Å². The predicted molar refractivity (Wildman–Crippen MR) is 56.6 cm³/mol. The van der Waals surface area contributed by atoms with Crippen molar-refractivity contribution in [3.8, 4) is 0 Å². The molecule has 0 radical (unpaired) electrons. The summed E-state index contributed by atoms with van der Waals surface area (Å²) in [6.45, 7) is 1.70. The van der Waals surface area contributed by atoms with E-state index in [9.17, 15) is 9.59 Å². The molecule has 2 unspecified atom stereocenters. The number of methoxy groups -OCH3 is 1. The lowest BCUT2D eigenvalue weighted by atomic mass is 9.86. The lowest BCUT2D eigenvalue weighted by molar-refractivity contribution is -0.147. The van der Waals surface area contributed by atoms with Gasteiger partial charge in [0.05, 0.1) is 18.6 Å². The van der Waals surface area contributed by atoms with Crippen LogP contribution in [0.2, 0.25) is 0 Å². The summed E-state index contributed by atoms with van der Waals surface area (Å²) in [6, 6.07) is 0. The first kappa shape index (κ1) is 11.2. The van der Waals surface area contributed by atoms with Crippen molar-refractivity contribution >= 4 is 11.9 Å². The Balaban J connectivity index is 2.29. The minimum absolute atomic E-state index is 0.0802. The second-order valence-corrected chi connectivity index (χ2v) is 4.32. The maximum absolute atomic E-state index is 11.7. The van der Waals surface area contributed by atoms with E-state index >= 15 is 0 Å². The summed E-state index contributed by atoms with van der Waals surface area (Å²) >= 11 is 0. The van der Waals surface area contributed by atoms with Crippen LogP contribution in [0, 0.1) is 5.92 Å². The summed E-state index contributed by atoms with van der Waals surface area (Å²) in [4.78, 5) is 23.2. The molecule has 1 heterocycles. The van der Waals surface area contributed by atoms with E-state index in [1.165, 1.54) is 7.11 Å². The van der Waals surface area contributed by atoms with Crippen LogP contribution in [0.4, 0.5) is 0 Å². The fourth-order valence-electron chi connectivity index (χ4n) is 2.49. The fraction of sp³-hybridized carbons (Fsp3) is 0.667. The summed E-state index contributed by atoms with van der Waals surface area (Å²) in [5, 5.41) is 0. The zero-order chi connectivity index (χ0) is 11.7. The second-order valence-electron chi connectivity index (χ2n) is 4.32. The molecule has 88 valence electrons. The first-order valence-corrected chi connectivity index (χ1v) is 5.67. The minimum Gasteiger partial charge on any atom is -0.469 e. The van der Waals surface area contributed by atoms with Crippen molar-refractivity contribution < 1.29 is 19.1 Å². The third-order valence-electron chi connectivity index (χ3n) is 3.35. The van der Waals surface area contributed by atoms with Crippen molar-refractivity contribution in [1.82, 2.24) is 0 Å². The Morgan fingerprint density at radius 1 is 1.50 bits per heavy atom. The number of fused-ring (bicyclic) bond motifs is 1. The van der Waals surface area contributed by atoms with Gasteiger partial charge in [0.25, 0.3) is 0 Å². The van der Waals surface area contributed by atoms with Crippen molar-refractivity contribution in [2.75, 3.05) is 7.11 Å². The first-order chi connectivity index (χ1) is 7.65. The Kier molecular flexibility index (Phi) is 2.99. The van der Waals surface area contributed by atoms with E-state index in [0.717, 1.165) is 31.3 Å². The van der Waals surface area contributed by atoms with Crippen LogP contribution < -0.4 is 0 Å². The van der Waals surface area contributed by atoms with Gasteiger partial charge in [-0.15, -0.1) is 0 Å². The number of carbonyl (C=O) groups is 2. The highest BCUT2D eigenvalue weighted by Crippen LogP contribution is 2.37. The normalized spacial score (nSPS) is 26.1. The number of esters is 2. The molecule has 1 aliphatic heterocycles. The van der Waals surface area contributed by atoms with Gasteiger partial charge in [-0.05, 0) is 38.2 Å². The molecule has 0 aromatic heterocycles. The average molecular weight is 224 g/mol. The number of rotatable bonds is 2. The van der Waals surface area contributed by atoms with Gasteiger partial charge in [-0.1, -0.05) is 0 Å². The molecule has 0 spiro atoms. The Labute approximate surface area is 94.6 Å². The molecule has 0 N–H and O–H groups in total. The summed E-state index contributed by atoms with van der Waals surface area (Å²) in [5.74, 6) is -1.21. The van der Waals surface area contributed by atoms with E-state index in [-0.39, 0.29) is 18.0 Å². The summed E-state index contributed by atoms with van der Waals surface area (Å²) < 4.78 is 9.94. The summed E-state index contributed by atoms with van der Waals surface area (Å²) in [7, 11) is 1.34. The molecule has 0 aromatic rings. The van der Waals surface area contributed by atoms with E-state index in [2.05, 4.69) is 4.74 Å². The molecule has 1 saturated carbocycles. The monoisotopic (exact) mass is 224 g/mol. The van der Waals surface area contributed by atoms with Gasteiger partial charge in [0.15, 0.2) is 0 Å². The van der Waals surface area contributed by atoms with Gasteiger partial charge >= 0.3 is 11.9 Å². The van der Waals surface area contributed by atoms with Crippen LogP contribution in [0.5, 0.6) is 0 Å². The van der Waals surface area contributed by atoms with Gasteiger partial charge in [-0.2, -0.15) is 0 Å². The average Bonchev–Trinajstić information content (AvgIpc) is 2.63. The summed E-state index contributed by atoms with van der Waals surface area (Å²) in [5.41, 5.74) is 1.56. The highest BCUT2D eigenvalue weighted by molar-refractivity contribution is 5.98. The lowest BCUT2D eigenvalue weighted by Gasteiger charge is -2.19. The maximum atomic E-state index is 11.7. The standard InChI is InChI=1S/C12H16O4/c1-7(11(13)15-2)10-8-5-3-4-6-9(8)16-12(10)14/h7,9H,3-6H2,1-2H3. The van der Waals surface area contributed by atoms with Crippen LogP contribution in [0.3, 0.4) is 0 Å². The van der Waals surface area contributed by atoms with Crippen LogP contribution in [-0.2, 0) is 19.1 Å². The molecule has 1 aliphatic carbocycles. The van der Waals surface area contributed by atoms with Crippen molar-refractivity contribution in [1.29, 1.82) is 0 Å². The summed E-state index contributed by atoms with van der Waals surface area (Å²) in [6.07, 6.45) is 3.83. The Hall–Kier alpha value is -1.32. The lowest BCUT2D eigenvalue weighted by Crippen LogP contribution is -2.19. The molecule has 1 fully saturated rings. The van der Waals surface area contributed by atoms with Crippen molar-refractivity contribution in [3.05, 3.63) is 11.1 Å². The molecule has 0 amide bonds.